The lowest BCUT2D eigenvalue weighted by molar-refractivity contribution is 0.0660. The Morgan fingerprint density at radius 1 is 1.15 bits per heavy atom. The van der Waals surface area contributed by atoms with Crippen LogP contribution in [-0.2, 0) is 0 Å². The van der Waals surface area contributed by atoms with Gasteiger partial charge >= 0.3 is 6.03 Å². The minimum absolute atomic E-state index is 0.0824. The second kappa shape index (κ2) is 6.36. The van der Waals surface area contributed by atoms with E-state index in [0.29, 0.717) is 32.7 Å². The van der Waals surface area contributed by atoms with Gasteiger partial charge in [0.15, 0.2) is 0 Å². The number of nitrogens with zero attached hydrogens (tertiary/aromatic N) is 2. The van der Waals surface area contributed by atoms with E-state index >= 15 is 0 Å². The van der Waals surface area contributed by atoms with E-state index in [1.54, 1.807) is 21.9 Å². The van der Waals surface area contributed by atoms with Gasteiger partial charge < -0.3 is 15.1 Å². The molecule has 1 aliphatic heterocycles. The molecule has 20 heavy (non-hydrogen) atoms. The van der Waals surface area contributed by atoms with Crippen molar-refractivity contribution in [2.45, 2.75) is 6.92 Å². The number of rotatable bonds is 2. The molecule has 1 saturated heterocycles. The molecule has 0 aliphatic carbocycles. The average molecular weight is 279 g/mol. The molecule has 1 aliphatic rings. The highest BCUT2D eigenvalue weighted by molar-refractivity contribution is 5.94. The number of nitrogens with one attached hydrogen (secondary N) is 1. The summed E-state index contributed by atoms with van der Waals surface area (Å²) >= 11 is 0. The van der Waals surface area contributed by atoms with Crippen LogP contribution in [0.25, 0.3) is 0 Å². The number of hydrogen-bond acceptors (Lipinski definition) is 2. The van der Waals surface area contributed by atoms with Crippen molar-refractivity contribution in [1.82, 2.24) is 15.1 Å². The summed E-state index contributed by atoms with van der Waals surface area (Å²) in [5, 5.41) is 2.72. The lowest BCUT2D eigenvalue weighted by Gasteiger charge is -2.34. The van der Waals surface area contributed by atoms with Crippen molar-refractivity contribution in [2.75, 3.05) is 32.7 Å². The van der Waals surface area contributed by atoms with Crippen LogP contribution in [0.2, 0.25) is 0 Å². The summed E-state index contributed by atoms with van der Waals surface area (Å²) in [5.74, 6) is -0.831. The van der Waals surface area contributed by atoms with E-state index in [2.05, 4.69) is 5.32 Å². The monoisotopic (exact) mass is 279 g/mol. The molecular formula is C14H18FN3O2. The first kappa shape index (κ1) is 14.3. The van der Waals surface area contributed by atoms with Crippen molar-refractivity contribution < 1.29 is 14.0 Å². The Morgan fingerprint density at radius 3 is 2.35 bits per heavy atom. The normalized spacial score (nSPS) is 15.1. The zero-order valence-corrected chi connectivity index (χ0v) is 11.4. The summed E-state index contributed by atoms with van der Waals surface area (Å²) in [7, 11) is 0. The molecule has 0 unspecified atom stereocenters. The Balaban J connectivity index is 1.96. The molecule has 6 heteroatoms. The Bertz CT molecular complexity index is 499. The standard InChI is InChI=1S/C14H18FN3O2/c1-2-16-14(20)18-9-7-17(8-10-18)13(19)11-5-3-4-6-12(11)15/h3-6H,2,7-10H2,1H3,(H,16,20). The predicted molar refractivity (Wildman–Crippen MR) is 72.9 cm³/mol. The van der Waals surface area contributed by atoms with E-state index in [9.17, 15) is 14.0 Å². The van der Waals surface area contributed by atoms with Crippen molar-refractivity contribution in [1.29, 1.82) is 0 Å². The summed E-state index contributed by atoms with van der Waals surface area (Å²) in [6.07, 6.45) is 0. The van der Waals surface area contributed by atoms with E-state index in [1.807, 2.05) is 6.92 Å². The van der Waals surface area contributed by atoms with Crippen molar-refractivity contribution in [3.63, 3.8) is 0 Å². The summed E-state index contributed by atoms with van der Waals surface area (Å²) in [6, 6.07) is 5.83. The molecule has 0 radical (unpaired) electrons. The Labute approximate surface area is 117 Å². The zero-order chi connectivity index (χ0) is 14.5. The fourth-order valence-corrected chi connectivity index (χ4v) is 2.18. The van der Waals surface area contributed by atoms with Crippen LogP contribution in [0.1, 0.15) is 17.3 Å². The van der Waals surface area contributed by atoms with E-state index < -0.39 is 5.82 Å². The Morgan fingerprint density at radius 2 is 1.75 bits per heavy atom. The SMILES string of the molecule is CCNC(=O)N1CCN(C(=O)c2ccccc2F)CC1. The third-order valence-electron chi connectivity index (χ3n) is 3.29. The van der Waals surface area contributed by atoms with Gasteiger partial charge in [0.25, 0.3) is 5.91 Å². The fraction of sp³-hybridized carbons (Fsp3) is 0.429. The highest BCUT2D eigenvalue weighted by Gasteiger charge is 2.25. The second-order valence-corrected chi connectivity index (χ2v) is 4.59. The largest absolute Gasteiger partial charge is 0.338 e. The third-order valence-corrected chi connectivity index (χ3v) is 3.29. The number of piperazine rings is 1. The molecule has 0 atom stereocenters. The molecule has 1 aromatic rings. The molecule has 108 valence electrons. The van der Waals surface area contributed by atoms with Gasteiger partial charge in [-0.1, -0.05) is 12.1 Å². The molecule has 5 nitrogen and oxygen atoms in total. The molecule has 0 bridgehead atoms. The van der Waals surface area contributed by atoms with Crippen molar-refractivity contribution in [3.05, 3.63) is 35.6 Å². The van der Waals surface area contributed by atoms with E-state index in [0.717, 1.165) is 0 Å². The molecule has 0 spiro atoms. The van der Waals surface area contributed by atoms with Crippen LogP contribution in [0.5, 0.6) is 0 Å². The first-order valence-corrected chi connectivity index (χ1v) is 6.70. The molecule has 0 aromatic heterocycles. The predicted octanol–water partition coefficient (Wildman–Crippen LogP) is 1.31. The van der Waals surface area contributed by atoms with Gasteiger partial charge in [-0.2, -0.15) is 0 Å². The molecule has 2 rings (SSSR count). The highest BCUT2D eigenvalue weighted by Crippen LogP contribution is 2.12. The molecular weight excluding hydrogens is 261 g/mol. The van der Waals surface area contributed by atoms with E-state index in [4.69, 9.17) is 0 Å². The molecule has 1 aromatic carbocycles. The first-order chi connectivity index (χ1) is 9.63. The number of carbonyl (C=O) groups excluding carboxylic acids is 2. The maximum atomic E-state index is 13.6. The van der Waals surface area contributed by atoms with Crippen LogP contribution in [0.3, 0.4) is 0 Å². The van der Waals surface area contributed by atoms with Crippen LogP contribution in [-0.4, -0.2) is 54.5 Å². The smallest absolute Gasteiger partial charge is 0.317 e. The molecule has 3 amide bonds. The number of carbonyl (C=O) groups is 2. The lowest BCUT2D eigenvalue weighted by Crippen LogP contribution is -2.53. The van der Waals surface area contributed by atoms with Gasteiger partial charge in [0.05, 0.1) is 5.56 Å². The molecule has 1 fully saturated rings. The number of halogens is 1. The summed E-state index contributed by atoms with van der Waals surface area (Å²) < 4.78 is 13.6. The molecule has 1 N–H and O–H groups in total. The number of amides is 3. The topological polar surface area (TPSA) is 52.7 Å². The number of hydrogen-bond donors (Lipinski definition) is 1. The van der Waals surface area contributed by atoms with Gasteiger partial charge in [-0.05, 0) is 19.1 Å². The zero-order valence-electron chi connectivity index (χ0n) is 11.4. The third kappa shape index (κ3) is 3.07. The van der Waals surface area contributed by atoms with Crippen LogP contribution < -0.4 is 5.32 Å². The molecule has 1 heterocycles. The van der Waals surface area contributed by atoms with Crippen LogP contribution >= 0.6 is 0 Å². The summed E-state index contributed by atoms with van der Waals surface area (Å²) in [4.78, 5) is 27.1. The maximum absolute atomic E-state index is 13.6. The summed E-state index contributed by atoms with van der Waals surface area (Å²) in [6.45, 7) is 4.20. The van der Waals surface area contributed by atoms with E-state index in [-0.39, 0.29) is 17.5 Å². The van der Waals surface area contributed by atoms with Gasteiger partial charge in [-0.25, -0.2) is 9.18 Å². The highest BCUT2D eigenvalue weighted by atomic mass is 19.1. The van der Waals surface area contributed by atoms with Gasteiger partial charge in [-0.15, -0.1) is 0 Å². The Kier molecular flexibility index (Phi) is 4.55. The van der Waals surface area contributed by atoms with Crippen LogP contribution in [0.15, 0.2) is 24.3 Å². The minimum atomic E-state index is -0.511. The second-order valence-electron chi connectivity index (χ2n) is 4.59. The van der Waals surface area contributed by atoms with Gasteiger partial charge in [0.1, 0.15) is 5.82 Å². The van der Waals surface area contributed by atoms with Crippen LogP contribution in [0.4, 0.5) is 9.18 Å². The van der Waals surface area contributed by atoms with Crippen molar-refractivity contribution in [2.24, 2.45) is 0 Å². The summed E-state index contributed by atoms with van der Waals surface area (Å²) in [5.41, 5.74) is 0.0824. The van der Waals surface area contributed by atoms with Gasteiger partial charge in [-0.3, -0.25) is 4.79 Å². The van der Waals surface area contributed by atoms with Crippen molar-refractivity contribution in [3.8, 4) is 0 Å². The van der Waals surface area contributed by atoms with Crippen LogP contribution in [0, 0.1) is 5.82 Å². The minimum Gasteiger partial charge on any atom is -0.338 e. The number of urea groups is 1. The molecule has 0 saturated carbocycles. The average Bonchev–Trinajstić information content (AvgIpc) is 2.47. The maximum Gasteiger partial charge on any atom is 0.317 e. The number of benzene rings is 1. The Hall–Kier alpha value is -2.11. The van der Waals surface area contributed by atoms with Gasteiger partial charge in [0.2, 0.25) is 0 Å². The van der Waals surface area contributed by atoms with E-state index in [1.165, 1.54) is 12.1 Å². The van der Waals surface area contributed by atoms with Gasteiger partial charge in [0, 0.05) is 32.7 Å². The fourth-order valence-electron chi connectivity index (χ4n) is 2.18. The van der Waals surface area contributed by atoms with Crippen molar-refractivity contribution >= 4 is 11.9 Å². The first-order valence-electron chi connectivity index (χ1n) is 6.70. The lowest BCUT2D eigenvalue weighted by atomic mass is 10.1. The quantitative estimate of drug-likeness (QED) is 0.887.